The number of amides is 1. The Labute approximate surface area is 101 Å². The van der Waals surface area contributed by atoms with Gasteiger partial charge < -0.3 is 10.0 Å². The lowest BCUT2D eigenvalue weighted by molar-refractivity contribution is 0.150. The van der Waals surface area contributed by atoms with Crippen molar-refractivity contribution in [2.24, 2.45) is 0 Å². The minimum atomic E-state index is -0.832. The van der Waals surface area contributed by atoms with Crippen molar-refractivity contribution < 1.29 is 9.90 Å². The molecule has 0 spiro atoms. The van der Waals surface area contributed by atoms with Gasteiger partial charge in [-0.2, -0.15) is 0 Å². The normalized spacial score (nSPS) is 15.6. The van der Waals surface area contributed by atoms with Crippen molar-refractivity contribution in [2.45, 2.75) is 20.3 Å². The summed E-state index contributed by atoms with van der Waals surface area (Å²) in [6.07, 6.45) is 1.99. The maximum Gasteiger partial charge on any atom is 0.407 e. The summed E-state index contributed by atoms with van der Waals surface area (Å²) in [5.74, 6) is 0. The molecular formula is C14H17NO2. The van der Waals surface area contributed by atoms with Crippen LogP contribution in [-0.2, 0) is 0 Å². The van der Waals surface area contributed by atoms with Crippen LogP contribution >= 0.6 is 0 Å². The maximum atomic E-state index is 10.8. The molecule has 1 heterocycles. The highest BCUT2D eigenvalue weighted by atomic mass is 16.4. The standard InChI is InChI=1S/C14H17NO2/c1-10-3-4-13(11(2)9-10)12-5-7-15(8-6-12)14(16)17/h3-5,9H,6-8H2,1-2H3,(H,16,17). The van der Waals surface area contributed by atoms with E-state index >= 15 is 0 Å². The van der Waals surface area contributed by atoms with Gasteiger partial charge in [0, 0.05) is 13.1 Å². The second-order valence-corrected chi connectivity index (χ2v) is 4.53. The van der Waals surface area contributed by atoms with Crippen molar-refractivity contribution in [1.29, 1.82) is 0 Å². The zero-order chi connectivity index (χ0) is 12.4. The lowest BCUT2D eigenvalue weighted by atomic mass is 9.94. The summed E-state index contributed by atoms with van der Waals surface area (Å²) in [6.45, 7) is 5.28. The maximum absolute atomic E-state index is 10.8. The molecule has 0 fully saturated rings. The number of rotatable bonds is 1. The highest BCUT2D eigenvalue weighted by Crippen LogP contribution is 2.25. The summed E-state index contributed by atoms with van der Waals surface area (Å²) in [5, 5.41) is 8.88. The summed E-state index contributed by atoms with van der Waals surface area (Å²) < 4.78 is 0. The fourth-order valence-corrected chi connectivity index (χ4v) is 2.26. The first-order chi connectivity index (χ1) is 8.08. The zero-order valence-electron chi connectivity index (χ0n) is 10.2. The van der Waals surface area contributed by atoms with Crippen LogP contribution in [0.5, 0.6) is 0 Å². The molecule has 3 heteroatoms. The molecule has 17 heavy (non-hydrogen) atoms. The van der Waals surface area contributed by atoms with Crippen LogP contribution in [0.4, 0.5) is 4.79 Å². The fourth-order valence-electron chi connectivity index (χ4n) is 2.26. The molecule has 0 bridgehead atoms. The van der Waals surface area contributed by atoms with Gasteiger partial charge >= 0.3 is 6.09 Å². The summed E-state index contributed by atoms with van der Waals surface area (Å²) in [6, 6.07) is 6.40. The molecule has 0 aromatic heterocycles. The SMILES string of the molecule is Cc1ccc(C2=CCN(C(=O)O)CC2)c(C)c1. The molecule has 1 aromatic rings. The lowest BCUT2D eigenvalue weighted by Gasteiger charge is -2.24. The predicted molar refractivity (Wildman–Crippen MR) is 68.1 cm³/mol. The van der Waals surface area contributed by atoms with Gasteiger partial charge in [-0.1, -0.05) is 29.8 Å². The molecule has 0 radical (unpaired) electrons. The third-order valence-electron chi connectivity index (χ3n) is 3.21. The second kappa shape index (κ2) is 4.62. The second-order valence-electron chi connectivity index (χ2n) is 4.53. The first-order valence-electron chi connectivity index (χ1n) is 5.82. The Bertz CT molecular complexity index is 477. The van der Waals surface area contributed by atoms with Crippen LogP contribution < -0.4 is 0 Å². The van der Waals surface area contributed by atoms with Gasteiger partial charge in [0.25, 0.3) is 0 Å². The third-order valence-corrected chi connectivity index (χ3v) is 3.21. The largest absolute Gasteiger partial charge is 0.465 e. The smallest absolute Gasteiger partial charge is 0.407 e. The number of carbonyl (C=O) groups is 1. The Hall–Kier alpha value is -1.77. The number of hydrogen-bond acceptors (Lipinski definition) is 1. The van der Waals surface area contributed by atoms with Crippen molar-refractivity contribution in [3.8, 4) is 0 Å². The molecule has 0 aliphatic carbocycles. The van der Waals surface area contributed by atoms with Crippen LogP contribution in [0.1, 0.15) is 23.1 Å². The van der Waals surface area contributed by atoms with E-state index in [9.17, 15) is 4.79 Å². The molecule has 3 nitrogen and oxygen atoms in total. The van der Waals surface area contributed by atoms with E-state index in [1.165, 1.54) is 27.2 Å². The van der Waals surface area contributed by atoms with Crippen molar-refractivity contribution in [3.63, 3.8) is 0 Å². The van der Waals surface area contributed by atoms with Gasteiger partial charge in [0.1, 0.15) is 0 Å². The molecule has 1 N–H and O–H groups in total. The van der Waals surface area contributed by atoms with Crippen LogP contribution in [0.3, 0.4) is 0 Å². The van der Waals surface area contributed by atoms with E-state index in [0.717, 1.165) is 6.42 Å². The van der Waals surface area contributed by atoms with E-state index in [1.54, 1.807) is 0 Å². The quantitative estimate of drug-likeness (QED) is 0.807. The summed E-state index contributed by atoms with van der Waals surface area (Å²) >= 11 is 0. The molecular weight excluding hydrogens is 214 g/mol. The van der Waals surface area contributed by atoms with Gasteiger partial charge in [-0.25, -0.2) is 4.79 Å². The Morgan fingerprint density at radius 1 is 1.35 bits per heavy atom. The Morgan fingerprint density at radius 2 is 2.12 bits per heavy atom. The average Bonchev–Trinajstić information content (AvgIpc) is 2.29. The highest BCUT2D eigenvalue weighted by molar-refractivity contribution is 5.72. The first-order valence-corrected chi connectivity index (χ1v) is 5.82. The molecule has 1 aliphatic rings. The number of benzene rings is 1. The molecule has 0 atom stereocenters. The predicted octanol–water partition coefficient (Wildman–Crippen LogP) is 3.07. The lowest BCUT2D eigenvalue weighted by Crippen LogP contribution is -2.33. The minimum absolute atomic E-state index is 0.498. The highest BCUT2D eigenvalue weighted by Gasteiger charge is 2.17. The monoisotopic (exact) mass is 231 g/mol. The summed E-state index contributed by atoms with van der Waals surface area (Å²) in [4.78, 5) is 12.2. The van der Waals surface area contributed by atoms with E-state index in [4.69, 9.17) is 5.11 Å². The Balaban J connectivity index is 2.22. The molecule has 1 aromatic carbocycles. The van der Waals surface area contributed by atoms with Gasteiger partial charge in [0.15, 0.2) is 0 Å². The topological polar surface area (TPSA) is 40.5 Å². The van der Waals surface area contributed by atoms with E-state index in [-0.39, 0.29) is 0 Å². The number of hydrogen-bond donors (Lipinski definition) is 1. The summed E-state index contributed by atoms with van der Waals surface area (Å²) in [7, 11) is 0. The van der Waals surface area contributed by atoms with Crippen LogP contribution in [0.25, 0.3) is 5.57 Å². The molecule has 1 amide bonds. The van der Waals surface area contributed by atoms with Crippen LogP contribution in [0.2, 0.25) is 0 Å². The first kappa shape index (κ1) is 11.7. The molecule has 90 valence electrons. The van der Waals surface area contributed by atoms with Crippen LogP contribution in [0.15, 0.2) is 24.3 Å². The van der Waals surface area contributed by atoms with Gasteiger partial charge in [0.05, 0.1) is 0 Å². The zero-order valence-corrected chi connectivity index (χ0v) is 10.2. The van der Waals surface area contributed by atoms with E-state index in [2.05, 4.69) is 32.0 Å². The Kier molecular flexibility index (Phi) is 3.18. The van der Waals surface area contributed by atoms with Crippen molar-refractivity contribution in [2.75, 3.05) is 13.1 Å². The van der Waals surface area contributed by atoms with Crippen molar-refractivity contribution in [3.05, 3.63) is 41.0 Å². The minimum Gasteiger partial charge on any atom is -0.465 e. The molecule has 2 rings (SSSR count). The average molecular weight is 231 g/mol. The van der Waals surface area contributed by atoms with Crippen molar-refractivity contribution in [1.82, 2.24) is 4.90 Å². The molecule has 0 unspecified atom stereocenters. The number of nitrogens with zero attached hydrogens (tertiary/aromatic N) is 1. The Morgan fingerprint density at radius 3 is 2.65 bits per heavy atom. The van der Waals surface area contributed by atoms with Gasteiger partial charge in [-0.3, -0.25) is 0 Å². The molecule has 1 aliphatic heterocycles. The van der Waals surface area contributed by atoms with Crippen molar-refractivity contribution >= 4 is 11.7 Å². The van der Waals surface area contributed by atoms with Gasteiger partial charge in [0.2, 0.25) is 0 Å². The molecule has 0 saturated heterocycles. The number of carboxylic acid groups (broad SMARTS) is 1. The van der Waals surface area contributed by atoms with Gasteiger partial charge in [-0.15, -0.1) is 0 Å². The van der Waals surface area contributed by atoms with Crippen LogP contribution in [0, 0.1) is 13.8 Å². The van der Waals surface area contributed by atoms with Crippen LogP contribution in [-0.4, -0.2) is 29.2 Å². The summed E-state index contributed by atoms with van der Waals surface area (Å²) in [5.41, 5.74) is 5.04. The van der Waals surface area contributed by atoms with E-state index < -0.39 is 6.09 Å². The molecule has 0 saturated carbocycles. The van der Waals surface area contributed by atoms with E-state index in [1.807, 2.05) is 6.08 Å². The van der Waals surface area contributed by atoms with Gasteiger partial charge in [-0.05, 0) is 37.0 Å². The van der Waals surface area contributed by atoms with E-state index in [0.29, 0.717) is 13.1 Å². The number of aryl methyl sites for hydroxylation is 2. The third kappa shape index (κ3) is 2.49. The fraction of sp³-hybridized carbons (Fsp3) is 0.357.